The molecule has 0 aromatic rings. The third-order valence-electron chi connectivity index (χ3n) is 2.33. The SMILES string of the molecule is CC(N=NC(C)(C(=N)N)C(=O)O)(C(=N)N)C(=O)O. The highest BCUT2D eigenvalue weighted by Gasteiger charge is 2.42. The van der Waals surface area contributed by atoms with Gasteiger partial charge in [0.05, 0.1) is 0 Å². The first-order valence-electron chi connectivity index (χ1n) is 4.58. The van der Waals surface area contributed by atoms with Crippen LogP contribution in [0, 0.1) is 10.8 Å². The molecule has 100 valence electrons. The van der Waals surface area contributed by atoms with Crippen LogP contribution in [-0.4, -0.2) is 44.9 Å². The molecule has 0 saturated heterocycles. The number of hydrogen-bond acceptors (Lipinski definition) is 6. The number of aliphatic carboxylic acids is 2. The van der Waals surface area contributed by atoms with Gasteiger partial charge in [0.25, 0.3) is 0 Å². The van der Waals surface area contributed by atoms with Crippen molar-refractivity contribution in [2.75, 3.05) is 0 Å². The van der Waals surface area contributed by atoms with Crippen LogP contribution >= 0.6 is 0 Å². The Morgan fingerprint density at radius 3 is 1.28 bits per heavy atom. The van der Waals surface area contributed by atoms with Gasteiger partial charge in [0, 0.05) is 0 Å². The third kappa shape index (κ3) is 2.59. The van der Waals surface area contributed by atoms with Gasteiger partial charge in [-0.2, -0.15) is 10.2 Å². The lowest BCUT2D eigenvalue weighted by Gasteiger charge is -2.21. The molecule has 0 aliphatic heterocycles. The zero-order chi connectivity index (χ0) is 14.7. The van der Waals surface area contributed by atoms with Crippen molar-refractivity contribution in [1.82, 2.24) is 0 Å². The number of carboxylic acid groups (broad SMARTS) is 2. The van der Waals surface area contributed by atoms with Crippen molar-refractivity contribution in [2.45, 2.75) is 24.9 Å². The highest BCUT2D eigenvalue weighted by Crippen LogP contribution is 2.17. The van der Waals surface area contributed by atoms with Crippen LogP contribution in [0.4, 0.5) is 0 Å². The molecule has 0 bridgehead atoms. The fourth-order valence-electron chi connectivity index (χ4n) is 0.624. The molecule has 0 spiro atoms. The Kier molecular flexibility index (Phi) is 4.10. The van der Waals surface area contributed by atoms with Crippen molar-refractivity contribution in [3.05, 3.63) is 0 Å². The molecule has 0 rings (SSSR count). The van der Waals surface area contributed by atoms with E-state index in [1.807, 2.05) is 0 Å². The van der Waals surface area contributed by atoms with Crippen LogP contribution < -0.4 is 11.5 Å². The summed E-state index contributed by atoms with van der Waals surface area (Å²) in [5.41, 5.74) is 5.74. The smallest absolute Gasteiger partial charge is 0.341 e. The number of carbonyl (C=O) groups is 2. The second-order valence-corrected chi connectivity index (χ2v) is 3.78. The lowest BCUT2D eigenvalue weighted by molar-refractivity contribution is -0.142. The zero-order valence-electron chi connectivity index (χ0n) is 9.76. The van der Waals surface area contributed by atoms with Crippen molar-refractivity contribution in [3.63, 3.8) is 0 Å². The Morgan fingerprint density at radius 2 is 1.17 bits per heavy atom. The second kappa shape index (κ2) is 4.77. The maximum absolute atomic E-state index is 10.9. The van der Waals surface area contributed by atoms with Crippen molar-refractivity contribution < 1.29 is 19.8 Å². The quantitative estimate of drug-likeness (QED) is 0.200. The van der Waals surface area contributed by atoms with Crippen molar-refractivity contribution >= 4 is 23.6 Å². The number of nitrogens with two attached hydrogens (primary N) is 2. The van der Waals surface area contributed by atoms with Crippen LogP contribution in [0.3, 0.4) is 0 Å². The fraction of sp³-hybridized carbons (Fsp3) is 0.500. The normalized spacial score (nSPS) is 17.7. The topological polar surface area (TPSA) is 199 Å². The predicted octanol–water partition coefficient (Wildman–Crippen LogP) is -1.00. The zero-order valence-corrected chi connectivity index (χ0v) is 9.76. The maximum Gasteiger partial charge on any atom is 0.341 e. The summed E-state index contributed by atoms with van der Waals surface area (Å²) >= 11 is 0. The highest BCUT2D eigenvalue weighted by molar-refractivity contribution is 6.08. The van der Waals surface area contributed by atoms with Crippen LogP contribution in [0.25, 0.3) is 0 Å². The first kappa shape index (κ1) is 15.5. The number of azo groups is 1. The molecule has 10 heteroatoms. The number of rotatable bonds is 6. The van der Waals surface area contributed by atoms with E-state index in [1.54, 1.807) is 0 Å². The maximum atomic E-state index is 10.9. The van der Waals surface area contributed by atoms with E-state index in [1.165, 1.54) is 0 Å². The molecule has 2 unspecified atom stereocenters. The third-order valence-corrected chi connectivity index (χ3v) is 2.33. The number of nitrogens with one attached hydrogen (secondary N) is 2. The summed E-state index contributed by atoms with van der Waals surface area (Å²) in [6.45, 7) is 1.95. The van der Waals surface area contributed by atoms with Gasteiger partial charge in [-0.3, -0.25) is 10.8 Å². The standard InChI is InChI=1S/C8H14N6O4/c1-7(3(9)10,5(15)16)13-14-8(2,4(11)12)6(17)18/h1-2H3,(H3,9,10)(H3,11,12)(H,15,16)(H,17,18). The number of carboxylic acids is 2. The van der Waals surface area contributed by atoms with Gasteiger partial charge in [-0.05, 0) is 13.8 Å². The summed E-state index contributed by atoms with van der Waals surface area (Å²) in [5, 5.41) is 38.5. The minimum absolute atomic E-state index is 0.824. The molecule has 0 radical (unpaired) electrons. The van der Waals surface area contributed by atoms with Crippen LogP contribution in [0.1, 0.15) is 13.8 Å². The summed E-state index contributed by atoms with van der Waals surface area (Å²) in [4.78, 5) is 21.8. The monoisotopic (exact) mass is 258 g/mol. The summed E-state index contributed by atoms with van der Waals surface area (Å²) in [7, 11) is 0. The Morgan fingerprint density at radius 1 is 0.944 bits per heavy atom. The van der Waals surface area contributed by atoms with Gasteiger partial charge in [-0.1, -0.05) is 0 Å². The minimum Gasteiger partial charge on any atom is -0.479 e. The molecular weight excluding hydrogens is 244 g/mol. The molecule has 0 heterocycles. The van der Waals surface area contributed by atoms with Gasteiger partial charge in [0.1, 0.15) is 11.7 Å². The van der Waals surface area contributed by atoms with Crippen LogP contribution in [0.5, 0.6) is 0 Å². The summed E-state index contributed by atoms with van der Waals surface area (Å²) in [6, 6.07) is 0. The number of amidine groups is 2. The Bertz CT molecular complexity index is 375. The molecule has 0 aromatic carbocycles. The summed E-state index contributed by atoms with van der Waals surface area (Å²) in [5.74, 6) is -4.80. The van der Waals surface area contributed by atoms with Gasteiger partial charge >= 0.3 is 11.9 Å². The van der Waals surface area contributed by atoms with E-state index in [4.69, 9.17) is 32.5 Å². The number of nitrogens with zero attached hydrogens (tertiary/aromatic N) is 2. The van der Waals surface area contributed by atoms with Crippen LogP contribution in [-0.2, 0) is 9.59 Å². The molecule has 18 heavy (non-hydrogen) atoms. The van der Waals surface area contributed by atoms with Crippen LogP contribution in [0.2, 0.25) is 0 Å². The molecule has 0 fully saturated rings. The molecule has 8 N–H and O–H groups in total. The van der Waals surface area contributed by atoms with Crippen molar-refractivity contribution in [3.8, 4) is 0 Å². The van der Waals surface area contributed by atoms with Gasteiger partial charge in [0.15, 0.2) is 0 Å². The lowest BCUT2D eigenvalue weighted by atomic mass is 10.0. The van der Waals surface area contributed by atoms with E-state index < -0.39 is 34.7 Å². The average molecular weight is 258 g/mol. The molecule has 0 amide bonds. The predicted molar refractivity (Wildman–Crippen MR) is 60.8 cm³/mol. The van der Waals surface area contributed by atoms with E-state index in [0.717, 1.165) is 13.8 Å². The van der Waals surface area contributed by atoms with Crippen molar-refractivity contribution in [2.24, 2.45) is 21.7 Å². The highest BCUT2D eigenvalue weighted by atomic mass is 16.4. The van der Waals surface area contributed by atoms with Crippen molar-refractivity contribution in [1.29, 1.82) is 10.8 Å². The average Bonchev–Trinajstić information content (AvgIpc) is 2.23. The molecule has 0 saturated carbocycles. The van der Waals surface area contributed by atoms with Gasteiger partial charge in [0.2, 0.25) is 11.1 Å². The number of hydrogen-bond donors (Lipinski definition) is 6. The molecule has 0 aromatic heterocycles. The van der Waals surface area contributed by atoms with E-state index in [9.17, 15) is 9.59 Å². The van der Waals surface area contributed by atoms with Gasteiger partial charge in [-0.25, -0.2) is 9.59 Å². The fourth-order valence-corrected chi connectivity index (χ4v) is 0.624. The lowest BCUT2D eigenvalue weighted by Crippen LogP contribution is -2.49. The summed E-state index contributed by atoms with van der Waals surface area (Å²) < 4.78 is 0. The Hall–Kier alpha value is -2.52. The minimum atomic E-state index is -2.20. The van der Waals surface area contributed by atoms with E-state index >= 15 is 0 Å². The molecule has 10 nitrogen and oxygen atoms in total. The van der Waals surface area contributed by atoms with Gasteiger partial charge < -0.3 is 21.7 Å². The summed E-state index contributed by atoms with van der Waals surface area (Å²) in [6.07, 6.45) is 0. The Labute approximate surface area is 102 Å². The van der Waals surface area contributed by atoms with E-state index in [-0.39, 0.29) is 0 Å². The second-order valence-electron chi connectivity index (χ2n) is 3.78. The van der Waals surface area contributed by atoms with E-state index in [0.29, 0.717) is 0 Å². The first-order chi connectivity index (χ1) is 7.98. The van der Waals surface area contributed by atoms with E-state index in [2.05, 4.69) is 10.2 Å². The molecule has 0 aliphatic carbocycles. The molecule has 2 atom stereocenters. The largest absolute Gasteiger partial charge is 0.479 e. The van der Waals surface area contributed by atoms with Crippen LogP contribution in [0.15, 0.2) is 10.2 Å². The molecular formula is C8H14N6O4. The molecule has 0 aliphatic rings. The first-order valence-corrected chi connectivity index (χ1v) is 4.58. The van der Waals surface area contributed by atoms with Gasteiger partial charge in [-0.15, -0.1) is 0 Å². The Balaban J connectivity index is 5.60.